The summed E-state index contributed by atoms with van der Waals surface area (Å²) in [4.78, 5) is 6.48. The molecule has 0 spiro atoms. The van der Waals surface area contributed by atoms with Crippen LogP contribution in [0.25, 0.3) is 0 Å². The summed E-state index contributed by atoms with van der Waals surface area (Å²) in [6, 6.07) is 13.8. The molecule has 20 heavy (non-hydrogen) atoms. The van der Waals surface area contributed by atoms with E-state index in [4.69, 9.17) is 5.73 Å². The van der Waals surface area contributed by atoms with Crippen molar-refractivity contribution < 1.29 is 0 Å². The van der Waals surface area contributed by atoms with E-state index in [0.717, 1.165) is 17.1 Å². The van der Waals surface area contributed by atoms with Crippen LogP contribution in [0.4, 0.5) is 11.5 Å². The maximum Gasteiger partial charge on any atom is 0.147 e. The average Bonchev–Trinajstić information content (AvgIpc) is 2.46. The van der Waals surface area contributed by atoms with Gasteiger partial charge in [0.15, 0.2) is 0 Å². The molecule has 0 aliphatic heterocycles. The monoisotopic (exact) mass is 266 g/mol. The molecular weight excluding hydrogens is 248 g/mol. The van der Waals surface area contributed by atoms with Crippen LogP contribution >= 0.6 is 0 Å². The summed E-state index contributed by atoms with van der Waals surface area (Å²) in [5, 5.41) is 9.22. The van der Waals surface area contributed by atoms with Crippen LogP contribution < -0.4 is 10.6 Å². The van der Waals surface area contributed by atoms with Gasteiger partial charge in [0.1, 0.15) is 11.9 Å². The topological polar surface area (TPSA) is 65.9 Å². The highest BCUT2D eigenvalue weighted by Crippen LogP contribution is 2.21. The van der Waals surface area contributed by atoms with Crippen molar-refractivity contribution in [1.82, 2.24) is 4.98 Å². The van der Waals surface area contributed by atoms with E-state index in [-0.39, 0.29) is 6.04 Å². The highest BCUT2D eigenvalue weighted by atomic mass is 15.2. The lowest BCUT2D eigenvalue weighted by molar-refractivity contribution is 0.671. The normalized spacial score (nSPS) is 10.3. The van der Waals surface area contributed by atoms with E-state index in [1.807, 2.05) is 24.3 Å². The fraction of sp³-hybridized carbons (Fsp3) is 0.250. The Labute approximate surface area is 119 Å². The minimum Gasteiger partial charge on any atom is -0.399 e. The fourth-order valence-electron chi connectivity index (χ4n) is 2.03. The van der Waals surface area contributed by atoms with Crippen LogP contribution in [-0.2, 0) is 6.54 Å². The Hall–Kier alpha value is -2.54. The predicted molar refractivity (Wildman–Crippen MR) is 81.1 cm³/mol. The Morgan fingerprint density at radius 3 is 2.55 bits per heavy atom. The first-order valence-corrected chi connectivity index (χ1v) is 6.58. The van der Waals surface area contributed by atoms with Crippen molar-refractivity contribution in [1.29, 1.82) is 5.26 Å². The lowest BCUT2D eigenvalue weighted by Crippen LogP contribution is -2.31. The van der Waals surface area contributed by atoms with E-state index in [2.05, 4.69) is 29.8 Å². The summed E-state index contributed by atoms with van der Waals surface area (Å²) in [6.07, 6.45) is 1.72. The van der Waals surface area contributed by atoms with Crippen molar-refractivity contribution in [3.63, 3.8) is 0 Å². The van der Waals surface area contributed by atoms with Gasteiger partial charge >= 0.3 is 0 Å². The first-order chi connectivity index (χ1) is 9.61. The molecule has 0 aliphatic rings. The zero-order valence-corrected chi connectivity index (χ0v) is 11.7. The summed E-state index contributed by atoms with van der Waals surface area (Å²) in [5.74, 6) is 0.724. The molecule has 0 radical (unpaired) electrons. The Morgan fingerprint density at radius 2 is 1.95 bits per heavy atom. The number of rotatable bonds is 4. The zero-order valence-electron chi connectivity index (χ0n) is 11.7. The van der Waals surface area contributed by atoms with E-state index in [1.165, 1.54) is 0 Å². The number of hydrogen-bond acceptors (Lipinski definition) is 4. The molecule has 4 heteroatoms. The molecule has 1 aromatic heterocycles. The Kier molecular flexibility index (Phi) is 4.21. The molecule has 0 amide bonds. The molecule has 102 valence electrons. The summed E-state index contributed by atoms with van der Waals surface area (Å²) >= 11 is 0. The van der Waals surface area contributed by atoms with Crippen LogP contribution in [0, 0.1) is 11.3 Å². The molecule has 2 aromatic rings. The van der Waals surface area contributed by atoms with Gasteiger partial charge in [-0.25, -0.2) is 4.98 Å². The summed E-state index contributed by atoms with van der Waals surface area (Å²) < 4.78 is 0. The molecule has 1 aromatic carbocycles. The molecule has 0 saturated carbocycles. The maximum absolute atomic E-state index is 9.22. The van der Waals surface area contributed by atoms with Gasteiger partial charge in [0.25, 0.3) is 0 Å². The van der Waals surface area contributed by atoms with Gasteiger partial charge in [0, 0.05) is 24.5 Å². The smallest absolute Gasteiger partial charge is 0.147 e. The molecule has 0 unspecified atom stereocenters. The SMILES string of the molecule is CC(C)N(Cc1ccc(N)cc1)c1ncccc1C#N. The van der Waals surface area contributed by atoms with E-state index in [1.54, 1.807) is 18.3 Å². The highest BCUT2D eigenvalue weighted by molar-refractivity contribution is 5.54. The number of benzene rings is 1. The van der Waals surface area contributed by atoms with Crippen LogP contribution in [0.15, 0.2) is 42.6 Å². The molecule has 0 aliphatic carbocycles. The average molecular weight is 266 g/mol. The number of hydrogen-bond donors (Lipinski definition) is 1. The van der Waals surface area contributed by atoms with E-state index >= 15 is 0 Å². The van der Waals surface area contributed by atoms with E-state index in [9.17, 15) is 5.26 Å². The van der Waals surface area contributed by atoms with Crippen LogP contribution in [0.1, 0.15) is 25.0 Å². The predicted octanol–water partition coefficient (Wildman–Crippen LogP) is 2.95. The summed E-state index contributed by atoms with van der Waals surface area (Å²) in [5.41, 5.74) is 8.19. The number of pyridine rings is 1. The summed E-state index contributed by atoms with van der Waals surface area (Å²) in [7, 11) is 0. The third kappa shape index (κ3) is 3.07. The zero-order chi connectivity index (χ0) is 14.5. The van der Waals surface area contributed by atoms with Gasteiger partial charge in [-0.3, -0.25) is 0 Å². The minimum absolute atomic E-state index is 0.245. The Bertz CT molecular complexity index is 611. The molecule has 0 bridgehead atoms. The Morgan fingerprint density at radius 1 is 1.25 bits per heavy atom. The van der Waals surface area contributed by atoms with Crippen molar-refractivity contribution >= 4 is 11.5 Å². The minimum atomic E-state index is 0.245. The lowest BCUT2D eigenvalue weighted by Gasteiger charge is -2.28. The van der Waals surface area contributed by atoms with Gasteiger partial charge in [-0.2, -0.15) is 5.26 Å². The van der Waals surface area contributed by atoms with Gasteiger partial charge in [-0.15, -0.1) is 0 Å². The van der Waals surface area contributed by atoms with Gasteiger partial charge in [0.2, 0.25) is 0 Å². The number of nitriles is 1. The number of nitrogens with two attached hydrogens (primary N) is 1. The molecule has 2 rings (SSSR count). The number of nitrogens with zero attached hydrogens (tertiary/aromatic N) is 3. The van der Waals surface area contributed by atoms with Crippen molar-refractivity contribution in [2.75, 3.05) is 10.6 Å². The van der Waals surface area contributed by atoms with Gasteiger partial charge in [0.05, 0.1) is 5.56 Å². The second kappa shape index (κ2) is 6.07. The van der Waals surface area contributed by atoms with Crippen LogP contribution in [0.3, 0.4) is 0 Å². The molecule has 2 N–H and O–H groups in total. The van der Waals surface area contributed by atoms with Gasteiger partial charge in [-0.05, 0) is 43.7 Å². The first kappa shape index (κ1) is 13.9. The number of anilines is 2. The molecule has 0 fully saturated rings. The maximum atomic E-state index is 9.22. The van der Waals surface area contributed by atoms with Crippen LogP contribution in [0.5, 0.6) is 0 Å². The van der Waals surface area contributed by atoms with E-state index in [0.29, 0.717) is 12.1 Å². The van der Waals surface area contributed by atoms with Crippen LogP contribution in [-0.4, -0.2) is 11.0 Å². The molecule has 0 atom stereocenters. The third-order valence-corrected chi connectivity index (χ3v) is 3.14. The molecular formula is C16H18N4. The number of aromatic nitrogens is 1. The molecule has 4 nitrogen and oxygen atoms in total. The molecule has 1 heterocycles. The Balaban J connectivity index is 2.32. The fourth-order valence-corrected chi connectivity index (χ4v) is 2.03. The van der Waals surface area contributed by atoms with Gasteiger partial charge in [-0.1, -0.05) is 12.1 Å². The second-order valence-corrected chi connectivity index (χ2v) is 4.95. The van der Waals surface area contributed by atoms with Gasteiger partial charge < -0.3 is 10.6 Å². The van der Waals surface area contributed by atoms with Crippen molar-refractivity contribution in [2.45, 2.75) is 26.4 Å². The second-order valence-electron chi connectivity index (χ2n) is 4.95. The molecule has 0 saturated heterocycles. The number of nitrogen functional groups attached to an aromatic ring is 1. The standard InChI is InChI=1S/C16H18N4/c1-12(2)20(11-13-5-7-15(18)8-6-13)16-14(10-17)4-3-9-19-16/h3-9,12H,11,18H2,1-2H3. The third-order valence-electron chi connectivity index (χ3n) is 3.14. The quantitative estimate of drug-likeness (QED) is 0.864. The van der Waals surface area contributed by atoms with Crippen molar-refractivity contribution in [2.24, 2.45) is 0 Å². The highest BCUT2D eigenvalue weighted by Gasteiger charge is 2.16. The van der Waals surface area contributed by atoms with E-state index < -0.39 is 0 Å². The van der Waals surface area contributed by atoms with Crippen molar-refractivity contribution in [3.05, 3.63) is 53.7 Å². The van der Waals surface area contributed by atoms with Crippen LogP contribution in [0.2, 0.25) is 0 Å². The summed E-state index contributed by atoms with van der Waals surface area (Å²) in [6.45, 7) is 4.88. The lowest BCUT2D eigenvalue weighted by atomic mass is 10.1. The largest absolute Gasteiger partial charge is 0.399 e. The van der Waals surface area contributed by atoms with Crippen molar-refractivity contribution in [3.8, 4) is 6.07 Å². The first-order valence-electron chi connectivity index (χ1n) is 6.58.